The number of nitrogens with one attached hydrogen (secondary N) is 2. The van der Waals surface area contributed by atoms with Gasteiger partial charge < -0.3 is 10.6 Å². The number of carbonyl (C=O) groups excluding carboxylic acids is 1. The lowest BCUT2D eigenvalue weighted by Gasteiger charge is -2.10. The van der Waals surface area contributed by atoms with E-state index in [0.29, 0.717) is 12.2 Å². The van der Waals surface area contributed by atoms with Gasteiger partial charge in [-0.25, -0.2) is 18.7 Å². The number of nitrogens with zero attached hydrogens (tertiary/aromatic N) is 2. The summed E-state index contributed by atoms with van der Waals surface area (Å²) in [6, 6.07) is 5.03. The van der Waals surface area contributed by atoms with Gasteiger partial charge in [-0.05, 0) is 31.5 Å². The number of rotatable bonds is 6. The van der Waals surface area contributed by atoms with E-state index in [4.69, 9.17) is 0 Å². The third-order valence-electron chi connectivity index (χ3n) is 3.10. The van der Waals surface area contributed by atoms with Crippen LogP contribution in [0.5, 0.6) is 0 Å². The molecule has 0 aliphatic rings. The van der Waals surface area contributed by atoms with E-state index in [2.05, 4.69) is 20.6 Å². The summed E-state index contributed by atoms with van der Waals surface area (Å²) >= 11 is 0. The molecule has 0 unspecified atom stereocenters. The molecule has 0 atom stereocenters. The number of para-hydroxylation sites is 1. The first-order valence-corrected chi connectivity index (χ1v) is 7.36. The molecule has 0 saturated heterocycles. The van der Waals surface area contributed by atoms with Gasteiger partial charge in [0.1, 0.15) is 23.0 Å². The molecular weight excluding hydrogens is 302 g/mol. The van der Waals surface area contributed by atoms with Crippen LogP contribution in [0.15, 0.2) is 24.3 Å². The van der Waals surface area contributed by atoms with Crippen LogP contribution in [-0.4, -0.2) is 22.4 Å². The van der Waals surface area contributed by atoms with E-state index in [1.807, 2.05) is 6.92 Å². The van der Waals surface area contributed by atoms with Crippen LogP contribution in [0.1, 0.15) is 35.9 Å². The second-order valence-corrected chi connectivity index (χ2v) is 5.05. The summed E-state index contributed by atoms with van der Waals surface area (Å²) in [6.07, 6.45) is 1.82. The van der Waals surface area contributed by atoms with Gasteiger partial charge >= 0.3 is 0 Å². The third-order valence-corrected chi connectivity index (χ3v) is 3.10. The summed E-state index contributed by atoms with van der Waals surface area (Å²) < 4.78 is 27.3. The van der Waals surface area contributed by atoms with Gasteiger partial charge in [-0.1, -0.05) is 19.4 Å². The van der Waals surface area contributed by atoms with Gasteiger partial charge in [-0.2, -0.15) is 0 Å². The number of benzene rings is 1. The predicted molar refractivity (Wildman–Crippen MR) is 83.7 cm³/mol. The molecule has 7 heteroatoms. The highest BCUT2D eigenvalue weighted by molar-refractivity contribution is 5.92. The van der Waals surface area contributed by atoms with Gasteiger partial charge in [0.15, 0.2) is 0 Å². The van der Waals surface area contributed by atoms with E-state index in [0.717, 1.165) is 25.0 Å². The van der Waals surface area contributed by atoms with Crippen LogP contribution >= 0.6 is 0 Å². The number of halogens is 2. The van der Waals surface area contributed by atoms with Crippen LogP contribution in [0, 0.1) is 18.6 Å². The minimum absolute atomic E-state index is 0.0327. The minimum atomic E-state index is -0.760. The van der Waals surface area contributed by atoms with Crippen LogP contribution in [0.4, 0.5) is 20.4 Å². The first-order chi connectivity index (χ1) is 11.0. The predicted octanol–water partition coefficient (Wildman–Crippen LogP) is 3.34. The first kappa shape index (κ1) is 16.8. The van der Waals surface area contributed by atoms with Crippen LogP contribution in [0.2, 0.25) is 0 Å². The lowest BCUT2D eigenvalue weighted by molar-refractivity contribution is 0.0948. The van der Waals surface area contributed by atoms with Gasteiger partial charge in [0.2, 0.25) is 5.95 Å². The first-order valence-electron chi connectivity index (χ1n) is 7.36. The topological polar surface area (TPSA) is 66.9 Å². The Hall–Kier alpha value is -2.57. The Labute approximate surface area is 133 Å². The number of aryl methyl sites for hydroxylation is 1. The van der Waals surface area contributed by atoms with E-state index >= 15 is 0 Å². The second kappa shape index (κ2) is 7.62. The zero-order valence-corrected chi connectivity index (χ0v) is 13.0. The molecule has 1 aromatic carbocycles. The minimum Gasteiger partial charge on any atom is -0.351 e. The summed E-state index contributed by atoms with van der Waals surface area (Å²) in [4.78, 5) is 20.1. The molecule has 0 aliphatic heterocycles. The molecule has 0 bridgehead atoms. The van der Waals surface area contributed by atoms with E-state index < -0.39 is 11.6 Å². The Morgan fingerprint density at radius 3 is 2.57 bits per heavy atom. The summed E-state index contributed by atoms with van der Waals surface area (Å²) in [5.74, 6) is -1.90. The number of hydrogen-bond donors (Lipinski definition) is 2. The molecule has 2 aromatic rings. The van der Waals surface area contributed by atoms with Crippen molar-refractivity contribution in [2.24, 2.45) is 0 Å². The maximum absolute atomic E-state index is 13.7. The lowest BCUT2D eigenvalue weighted by atomic mass is 10.3. The molecule has 1 amide bonds. The van der Waals surface area contributed by atoms with E-state index in [9.17, 15) is 13.6 Å². The largest absolute Gasteiger partial charge is 0.351 e. The van der Waals surface area contributed by atoms with E-state index in [-0.39, 0.29) is 23.2 Å². The van der Waals surface area contributed by atoms with Crippen LogP contribution < -0.4 is 10.6 Å². The van der Waals surface area contributed by atoms with Crippen LogP contribution in [-0.2, 0) is 0 Å². The second-order valence-electron chi connectivity index (χ2n) is 5.05. The molecule has 1 aromatic heterocycles. The maximum atomic E-state index is 13.7. The smallest absolute Gasteiger partial charge is 0.270 e. The van der Waals surface area contributed by atoms with Crippen molar-refractivity contribution in [1.82, 2.24) is 15.3 Å². The molecule has 122 valence electrons. The maximum Gasteiger partial charge on any atom is 0.270 e. The summed E-state index contributed by atoms with van der Waals surface area (Å²) in [7, 11) is 0. The fourth-order valence-electron chi connectivity index (χ4n) is 1.94. The van der Waals surface area contributed by atoms with Crippen molar-refractivity contribution >= 4 is 17.5 Å². The summed E-state index contributed by atoms with van der Waals surface area (Å²) in [5, 5.41) is 5.23. The zero-order chi connectivity index (χ0) is 16.8. The number of aromatic nitrogens is 2. The highest BCUT2D eigenvalue weighted by Crippen LogP contribution is 2.21. The third kappa shape index (κ3) is 4.45. The number of hydrogen-bond acceptors (Lipinski definition) is 4. The van der Waals surface area contributed by atoms with Crippen molar-refractivity contribution in [1.29, 1.82) is 0 Å². The highest BCUT2D eigenvalue weighted by Gasteiger charge is 2.13. The average molecular weight is 320 g/mol. The van der Waals surface area contributed by atoms with E-state index in [1.165, 1.54) is 12.1 Å². The number of anilines is 2. The SMILES string of the molecule is CCCCNC(=O)c1cc(C)nc(Nc2c(F)cccc2F)n1. The van der Waals surface area contributed by atoms with Gasteiger partial charge in [0.25, 0.3) is 5.91 Å². The number of carbonyl (C=O) groups is 1. The molecule has 0 fully saturated rings. The van der Waals surface area contributed by atoms with Gasteiger partial charge in [0.05, 0.1) is 0 Å². The van der Waals surface area contributed by atoms with Gasteiger partial charge in [-0.15, -0.1) is 0 Å². The molecule has 1 heterocycles. The Balaban J connectivity index is 2.22. The molecule has 0 spiro atoms. The van der Waals surface area contributed by atoms with E-state index in [1.54, 1.807) is 6.92 Å². The fourth-order valence-corrected chi connectivity index (χ4v) is 1.94. The monoisotopic (exact) mass is 320 g/mol. The average Bonchev–Trinajstić information content (AvgIpc) is 2.51. The molecular formula is C16H18F2N4O. The van der Waals surface area contributed by atoms with Crippen molar-refractivity contribution in [2.75, 3.05) is 11.9 Å². The Bertz CT molecular complexity index is 686. The molecule has 2 N–H and O–H groups in total. The summed E-state index contributed by atoms with van der Waals surface area (Å²) in [6.45, 7) is 4.24. The fraction of sp³-hybridized carbons (Fsp3) is 0.312. The number of amides is 1. The molecule has 2 rings (SSSR count). The molecule has 0 saturated carbocycles. The zero-order valence-electron chi connectivity index (χ0n) is 13.0. The van der Waals surface area contributed by atoms with Crippen molar-refractivity contribution in [3.63, 3.8) is 0 Å². The molecule has 5 nitrogen and oxygen atoms in total. The van der Waals surface area contributed by atoms with Crippen molar-refractivity contribution in [2.45, 2.75) is 26.7 Å². The normalized spacial score (nSPS) is 10.4. The van der Waals surface area contributed by atoms with Crippen LogP contribution in [0.25, 0.3) is 0 Å². The lowest BCUT2D eigenvalue weighted by Crippen LogP contribution is -2.25. The van der Waals surface area contributed by atoms with Crippen molar-refractivity contribution in [3.8, 4) is 0 Å². The van der Waals surface area contributed by atoms with Crippen molar-refractivity contribution in [3.05, 3.63) is 47.3 Å². The van der Waals surface area contributed by atoms with Crippen molar-refractivity contribution < 1.29 is 13.6 Å². The van der Waals surface area contributed by atoms with Gasteiger partial charge in [-0.3, -0.25) is 4.79 Å². The van der Waals surface area contributed by atoms with Gasteiger partial charge in [0, 0.05) is 12.2 Å². The van der Waals surface area contributed by atoms with Crippen LogP contribution in [0.3, 0.4) is 0 Å². The highest BCUT2D eigenvalue weighted by atomic mass is 19.1. The number of unbranched alkanes of at least 4 members (excludes halogenated alkanes) is 1. The standard InChI is InChI=1S/C16H18F2N4O/c1-3-4-8-19-15(23)13-9-10(2)20-16(21-13)22-14-11(17)6-5-7-12(14)18/h5-7,9H,3-4,8H2,1-2H3,(H,19,23)(H,20,21,22). The molecule has 0 radical (unpaired) electrons. The Morgan fingerprint density at radius 2 is 1.91 bits per heavy atom. The quantitative estimate of drug-likeness (QED) is 0.801. The molecule has 0 aliphatic carbocycles. The Kier molecular flexibility index (Phi) is 5.56. The summed E-state index contributed by atoms with van der Waals surface area (Å²) in [5.41, 5.74) is 0.309. The Morgan fingerprint density at radius 1 is 1.22 bits per heavy atom. The molecule has 23 heavy (non-hydrogen) atoms.